The summed E-state index contributed by atoms with van der Waals surface area (Å²) in [6, 6.07) is 2.86. The molecule has 1 amide bonds. The fourth-order valence-electron chi connectivity index (χ4n) is 3.62. The zero-order chi connectivity index (χ0) is 21.2. The molecule has 0 saturated carbocycles. The molecule has 0 N–H and O–H groups in total. The first-order valence-electron chi connectivity index (χ1n) is 9.70. The van der Waals surface area contributed by atoms with Gasteiger partial charge in [0.05, 0.1) is 21.8 Å². The van der Waals surface area contributed by atoms with Gasteiger partial charge in [0, 0.05) is 32.4 Å². The second kappa shape index (κ2) is 8.91. The van der Waals surface area contributed by atoms with Crippen LogP contribution in [0.1, 0.15) is 32.6 Å². The summed E-state index contributed by atoms with van der Waals surface area (Å²) >= 11 is 1.23. The number of thioether (sulfide) groups is 1. The molecule has 29 heavy (non-hydrogen) atoms. The van der Waals surface area contributed by atoms with Crippen molar-refractivity contribution < 1.29 is 21.6 Å². The van der Waals surface area contributed by atoms with Gasteiger partial charge in [-0.25, -0.2) is 21.8 Å². The minimum Gasteiger partial charge on any atom is -0.341 e. The lowest BCUT2D eigenvalue weighted by Gasteiger charge is -2.26. The SMILES string of the molecule is CC(Sc1ccc(S(=O)(=O)N2CCCCC2)cn1)C(=O)N(C)C1CCS(=O)(=O)C1. The predicted molar refractivity (Wildman–Crippen MR) is 112 cm³/mol. The van der Waals surface area contributed by atoms with Crippen molar-refractivity contribution in [2.75, 3.05) is 31.6 Å². The molecule has 11 heteroatoms. The Kier molecular flexibility index (Phi) is 6.91. The molecule has 8 nitrogen and oxygen atoms in total. The third-order valence-corrected chi connectivity index (χ3v) is 10.1. The number of hydrogen-bond acceptors (Lipinski definition) is 7. The van der Waals surface area contributed by atoms with Gasteiger partial charge in [0.25, 0.3) is 0 Å². The highest BCUT2D eigenvalue weighted by Gasteiger charge is 2.34. The number of hydrogen-bond donors (Lipinski definition) is 0. The summed E-state index contributed by atoms with van der Waals surface area (Å²) < 4.78 is 50.2. The topological polar surface area (TPSA) is 105 Å². The van der Waals surface area contributed by atoms with Gasteiger partial charge in [0.15, 0.2) is 9.84 Å². The van der Waals surface area contributed by atoms with Crippen LogP contribution in [-0.4, -0.2) is 79.9 Å². The van der Waals surface area contributed by atoms with E-state index in [2.05, 4.69) is 4.98 Å². The number of aromatic nitrogens is 1. The standard InChI is InChI=1S/C18H27N3O5S3/c1-14(18(22)20(2)15-8-11-28(23,24)13-15)27-17-7-6-16(12-19-17)29(25,26)21-9-4-3-5-10-21/h6-7,12,14-15H,3-5,8-11,13H2,1-2H3. The fraction of sp³-hybridized carbons (Fsp3) is 0.667. The molecular formula is C18H27N3O5S3. The Balaban J connectivity index is 1.62. The summed E-state index contributed by atoms with van der Waals surface area (Å²) in [6.07, 6.45) is 4.60. The summed E-state index contributed by atoms with van der Waals surface area (Å²) in [7, 11) is -4.96. The highest BCUT2D eigenvalue weighted by Crippen LogP contribution is 2.27. The van der Waals surface area contributed by atoms with Crippen LogP contribution in [0.5, 0.6) is 0 Å². The van der Waals surface area contributed by atoms with E-state index < -0.39 is 25.1 Å². The van der Waals surface area contributed by atoms with E-state index in [9.17, 15) is 21.6 Å². The molecular weight excluding hydrogens is 434 g/mol. The average Bonchev–Trinajstić information content (AvgIpc) is 3.07. The second-order valence-electron chi connectivity index (χ2n) is 7.56. The van der Waals surface area contributed by atoms with Crippen LogP contribution >= 0.6 is 11.8 Å². The second-order valence-corrected chi connectivity index (χ2v) is 13.1. The van der Waals surface area contributed by atoms with Crippen molar-refractivity contribution in [1.29, 1.82) is 0 Å². The van der Waals surface area contributed by atoms with Gasteiger partial charge in [0.2, 0.25) is 15.9 Å². The van der Waals surface area contributed by atoms with Gasteiger partial charge in [-0.15, -0.1) is 0 Å². The van der Waals surface area contributed by atoms with Gasteiger partial charge in [0.1, 0.15) is 4.90 Å². The van der Waals surface area contributed by atoms with Crippen LogP contribution in [0, 0.1) is 0 Å². The van der Waals surface area contributed by atoms with Crippen LogP contribution in [0.2, 0.25) is 0 Å². The molecule has 1 aromatic heterocycles. The third kappa shape index (κ3) is 5.31. The van der Waals surface area contributed by atoms with Gasteiger partial charge >= 0.3 is 0 Å². The Hall–Kier alpha value is -1.17. The smallest absolute Gasteiger partial charge is 0.244 e. The number of rotatable bonds is 6. The van der Waals surface area contributed by atoms with E-state index in [4.69, 9.17) is 0 Å². The molecule has 3 rings (SSSR count). The summed E-state index contributed by atoms with van der Waals surface area (Å²) in [5, 5.41) is 0.0937. The Labute approximate surface area is 177 Å². The van der Waals surface area contributed by atoms with Gasteiger partial charge in [-0.2, -0.15) is 4.31 Å². The van der Waals surface area contributed by atoms with Crippen molar-refractivity contribution in [1.82, 2.24) is 14.2 Å². The summed E-state index contributed by atoms with van der Waals surface area (Å²) in [6.45, 7) is 2.81. The number of amides is 1. The van der Waals surface area contributed by atoms with Crippen LogP contribution in [0.15, 0.2) is 28.3 Å². The molecule has 2 atom stereocenters. The molecule has 0 radical (unpaired) electrons. The maximum absolute atomic E-state index is 12.7. The highest BCUT2D eigenvalue weighted by molar-refractivity contribution is 8.00. The maximum atomic E-state index is 12.7. The number of sulfonamides is 1. The van der Waals surface area contributed by atoms with Crippen LogP contribution in [0.25, 0.3) is 0 Å². The van der Waals surface area contributed by atoms with Crippen LogP contribution in [0.4, 0.5) is 0 Å². The minimum absolute atomic E-state index is 0.00787. The number of carbonyl (C=O) groups excluding carboxylic acids is 1. The van der Waals surface area contributed by atoms with Gasteiger partial charge < -0.3 is 4.90 Å². The number of sulfone groups is 1. The largest absolute Gasteiger partial charge is 0.341 e. The summed E-state index contributed by atoms with van der Waals surface area (Å²) in [4.78, 5) is 18.6. The average molecular weight is 462 g/mol. The lowest BCUT2D eigenvalue weighted by Crippen LogP contribution is -2.41. The van der Waals surface area contributed by atoms with Crippen molar-refractivity contribution in [2.45, 2.75) is 53.8 Å². The van der Waals surface area contributed by atoms with Gasteiger partial charge in [-0.05, 0) is 38.3 Å². The predicted octanol–water partition coefficient (Wildman–Crippen LogP) is 1.38. The Morgan fingerprint density at radius 1 is 1.28 bits per heavy atom. The Morgan fingerprint density at radius 2 is 1.97 bits per heavy atom. The molecule has 3 heterocycles. The third-order valence-electron chi connectivity index (χ3n) is 5.41. The quantitative estimate of drug-likeness (QED) is 0.590. The number of pyridine rings is 1. The first kappa shape index (κ1) is 22.5. The molecule has 2 fully saturated rings. The minimum atomic E-state index is -3.53. The molecule has 0 spiro atoms. The summed E-state index contributed by atoms with van der Waals surface area (Å²) in [5.41, 5.74) is 0. The zero-order valence-electron chi connectivity index (χ0n) is 16.7. The van der Waals surface area contributed by atoms with E-state index in [0.29, 0.717) is 24.5 Å². The first-order chi connectivity index (χ1) is 13.6. The molecule has 0 bridgehead atoms. The Bertz CT molecular complexity index is 941. The fourth-order valence-corrected chi connectivity index (χ4v) is 7.75. The number of carbonyl (C=O) groups is 1. The normalized spacial score (nSPS) is 23.6. The first-order valence-corrected chi connectivity index (χ1v) is 13.8. The van der Waals surface area contributed by atoms with Crippen LogP contribution in [0.3, 0.4) is 0 Å². The lowest BCUT2D eigenvalue weighted by molar-refractivity contribution is -0.130. The van der Waals surface area contributed by atoms with E-state index in [1.165, 1.54) is 33.2 Å². The lowest BCUT2D eigenvalue weighted by atomic mass is 10.2. The highest BCUT2D eigenvalue weighted by atomic mass is 32.2. The van der Waals surface area contributed by atoms with E-state index in [1.807, 2.05) is 0 Å². The van der Waals surface area contributed by atoms with Gasteiger partial charge in [-0.3, -0.25) is 4.79 Å². The molecule has 2 aliphatic heterocycles. The molecule has 2 aliphatic rings. The van der Waals surface area contributed by atoms with Crippen molar-refractivity contribution in [3.63, 3.8) is 0 Å². The van der Waals surface area contributed by atoms with Crippen LogP contribution in [-0.2, 0) is 24.7 Å². The van der Waals surface area contributed by atoms with Crippen LogP contribution < -0.4 is 0 Å². The van der Waals surface area contributed by atoms with Crippen molar-refractivity contribution in [3.8, 4) is 0 Å². The molecule has 1 aromatic rings. The molecule has 2 saturated heterocycles. The van der Waals surface area contributed by atoms with E-state index in [0.717, 1.165) is 19.3 Å². The summed E-state index contributed by atoms with van der Waals surface area (Å²) in [5.74, 6) is -0.0388. The number of piperidine rings is 1. The van der Waals surface area contributed by atoms with Gasteiger partial charge in [-0.1, -0.05) is 18.2 Å². The van der Waals surface area contributed by atoms with Crippen molar-refractivity contribution in [2.24, 2.45) is 0 Å². The monoisotopic (exact) mass is 461 g/mol. The number of nitrogens with zero attached hydrogens (tertiary/aromatic N) is 3. The molecule has 2 unspecified atom stereocenters. The Morgan fingerprint density at radius 3 is 2.52 bits per heavy atom. The zero-order valence-corrected chi connectivity index (χ0v) is 19.1. The van der Waals surface area contributed by atoms with Crippen molar-refractivity contribution in [3.05, 3.63) is 18.3 Å². The molecule has 162 valence electrons. The van der Waals surface area contributed by atoms with E-state index >= 15 is 0 Å². The van der Waals surface area contributed by atoms with E-state index in [-0.39, 0.29) is 28.4 Å². The van der Waals surface area contributed by atoms with Crippen molar-refractivity contribution >= 4 is 37.5 Å². The molecule has 0 aromatic carbocycles. The van der Waals surface area contributed by atoms with E-state index in [1.54, 1.807) is 20.0 Å². The molecule has 0 aliphatic carbocycles. The maximum Gasteiger partial charge on any atom is 0.244 e.